The van der Waals surface area contributed by atoms with Gasteiger partial charge in [-0.15, -0.1) is 12.3 Å². The molecule has 1 saturated carbocycles. The summed E-state index contributed by atoms with van der Waals surface area (Å²) in [7, 11) is 0. The first kappa shape index (κ1) is 8.62. The van der Waals surface area contributed by atoms with Crippen molar-refractivity contribution < 1.29 is 5.11 Å². The summed E-state index contributed by atoms with van der Waals surface area (Å²) < 4.78 is 0. The van der Waals surface area contributed by atoms with E-state index < -0.39 is 5.60 Å². The summed E-state index contributed by atoms with van der Waals surface area (Å²) in [5.41, 5.74) is -0.524. The molecule has 0 radical (unpaired) electrons. The summed E-state index contributed by atoms with van der Waals surface area (Å²) in [6, 6.07) is 0. The van der Waals surface area contributed by atoms with Gasteiger partial charge in [0.2, 0.25) is 0 Å². The molecule has 1 rings (SSSR count). The molecule has 0 saturated heterocycles. The van der Waals surface area contributed by atoms with Gasteiger partial charge in [-0.1, -0.05) is 19.8 Å². The molecule has 1 N–H and O–H groups in total. The lowest BCUT2D eigenvalue weighted by Crippen LogP contribution is -2.32. The van der Waals surface area contributed by atoms with Crippen LogP contribution in [0.2, 0.25) is 0 Å². The van der Waals surface area contributed by atoms with Crippen LogP contribution in [0.25, 0.3) is 0 Å². The van der Waals surface area contributed by atoms with Gasteiger partial charge in [-0.05, 0) is 18.8 Å². The van der Waals surface area contributed by atoms with E-state index in [2.05, 4.69) is 12.8 Å². The minimum absolute atomic E-state index is 0.443. The van der Waals surface area contributed by atoms with Crippen molar-refractivity contribution in [1.29, 1.82) is 0 Å². The second kappa shape index (κ2) is 3.28. The molecule has 0 aliphatic heterocycles. The first-order chi connectivity index (χ1) is 5.23. The van der Waals surface area contributed by atoms with E-state index in [1.54, 1.807) is 0 Å². The third-order valence-corrected chi connectivity index (χ3v) is 2.82. The highest BCUT2D eigenvalue weighted by atomic mass is 16.3. The molecule has 0 aromatic rings. The fraction of sp³-hybridized carbons (Fsp3) is 0.800. The molecular weight excluding hydrogens is 136 g/mol. The van der Waals surface area contributed by atoms with Crippen molar-refractivity contribution >= 4 is 0 Å². The highest BCUT2D eigenvalue weighted by Gasteiger charge is 2.38. The minimum Gasteiger partial charge on any atom is -0.389 e. The van der Waals surface area contributed by atoms with Gasteiger partial charge in [-0.25, -0.2) is 0 Å². The SMILES string of the molecule is C#CCC1(O)CCCC1CC. The van der Waals surface area contributed by atoms with Crippen molar-refractivity contribution in [3.05, 3.63) is 0 Å². The van der Waals surface area contributed by atoms with E-state index in [0.717, 1.165) is 25.7 Å². The third kappa shape index (κ3) is 1.57. The van der Waals surface area contributed by atoms with Gasteiger partial charge in [0.15, 0.2) is 0 Å². The van der Waals surface area contributed by atoms with Gasteiger partial charge >= 0.3 is 0 Å². The second-order valence-electron chi connectivity index (χ2n) is 3.48. The van der Waals surface area contributed by atoms with E-state index in [0.29, 0.717) is 12.3 Å². The largest absolute Gasteiger partial charge is 0.389 e. The van der Waals surface area contributed by atoms with Gasteiger partial charge in [-0.2, -0.15) is 0 Å². The van der Waals surface area contributed by atoms with Crippen LogP contribution in [0.3, 0.4) is 0 Å². The van der Waals surface area contributed by atoms with Crippen molar-refractivity contribution in [2.75, 3.05) is 0 Å². The van der Waals surface area contributed by atoms with Crippen molar-refractivity contribution in [3.63, 3.8) is 0 Å². The van der Waals surface area contributed by atoms with E-state index in [-0.39, 0.29) is 0 Å². The number of rotatable bonds is 2. The second-order valence-corrected chi connectivity index (χ2v) is 3.48. The maximum Gasteiger partial charge on any atom is 0.0784 e. The molecule has 62 valence electrons. The van der Waals surface area contributed by atoms with E-state index in [4.69, 9.17) is 6.42 Å². The van der Waals surface area contributed by atoms with Crippen molar-refractivity contribution in [1.82, 2.24) is 0 Å². The zero-order chi connectivity index (χ0) is 8.32. The third-order valence-electron chi connectivity index (χ3n) is 2.82. The molecule has 0 bridgehead atoms. The summed E-state index contributed by atoms with van der Waals surface area (Å²) in [5.74, 6) is 3.01. The Morgan fingerprint density at radius 1 is 1.73 bits per heavy atom. The van der Waals surface area contributed by atoms with Crippen LogP contribution in [0.4, 0.5) is 0 Å². The smallest absolute Gasteiger partial charge is 0.0784 e. The van der Waals surface area contributed by atoms with E-state index in [9.17, 15) is 5.11 Å². The fourth-order valence-electron chi connectivity index (χ4n) is 2.12. The zero-order valence-electron chi connectivity index (χ0n) is 7.14. The standard InChI is InChI=1S/C10H16O/c1-3-7-10(11)8-5-6-9(10)4-2/h1,9,11H,4-8H2,2H3. The van der Waals surface area contributed by atoms with Gasteiger partial charge < -0.3 is 5.11 Å². The molecule has 2 unspecified atom stereocenters. The van der Waals surface area contributed by atoms with Gasteiger partial charge in [-0.3, -0.25) is 0 Å². The van der Waals surface area contributed by atoms with E-state index >= 15 is 0 Å². The predicted molar refractivity (Wildman–Crippen MR) is 46.0 cm³/mol. The Kier molecular flexibility index (Phi) is 2.57. The molecule has 0 amide bonds. The zero-order valence-corrected chi connectivity index (χ0v) is 7.14. The van der Waals surface area contributed by atoms with Crippen molar-refractivity contribution in [2.24, 2.45) is 5.92 Å². The Morgan fingerprint density at radius 2 is 2.45 bits per heavy atom. The minimum atomic E-state index is -0.524. The maximum absolute atomic E-state index is 10.0. The van der Waals surface area contributed by atoms with Crippen molar-refractivity contribution in [3.8, 4) is 12.3 Å². The molecule has 0 aromatic heterocycles. The Bertz CT molecular complexity index is 168. The molecule has 0 spiro atoms. The Morgan fingerprint density at radius 3 is 3.00 bits per heavy atom. The topological polar surface area (TPSA) is 20.2 Å². The molecule has 0 heterocycles. The van der Waals surface area contributed by atoms with Gasteiger partial charge in [0, 0.05) is 6.42 Å². The van der Waals surface area contributed by atoms with Crippen LogP contribution in [0, 0.1) is 18.3 Å². The number of terminal acetylenes is 1. The van der Waals surface area contributed by atoms with Crippen LogP contribution < -0.4 is 0 Å². The van der Waals surface area contributed by atoms with Gasteiger partial charge in [0.05, 0.1) is 5.60 Å². The maximum atomic E-state index is 10.0. The molecule has 11 heavy (non-hydrogen) atoms. The summed E-state index contributed by atoms with van der Waals surface area (Å²) in [4.78, 5) is 0. The van der Waals surface area contributed by atoms with Crippen LogP contribution in [-0.2, 0) is 0 Å². The molecule has 1 heteroatoms. The van der Waals surface area contributed by atoms with Crippen molar-refractivity contribution in [2.45, 2.75) is 44.6 Å². The lowest BCUT2D eigenvalue weighted by atomic mass is 9.86. The van der Waals surface area contributed by atoms with Crippen LogP contribution in [0.1, 0.15) is 39.0 Å². The molecule has 0 aromatic carbocycles. The molecule has 1 nitrogen and oxygen atoms in total. The average Bonchev–Trinajstić information content (AvgIpc) is 2.31. The predicted octanol–water partition coefficient (Wildman–Crippen LogP) is 1.95. The highest BCUT2D eigenvalue weighted by Crippen LogP contribution is 2.39. The van der Waals surface area contributed by atoms with E-state index in [1.165, 1.54) is 0 Å². The van der Waals surface area contributed by atoms with Crippen LogP contribution in [-0.4, -0.2) is 10.7 Å². The van der Waals surface area contributed by atoms with Crippen LogP contribution >= 0.6 is 0 Å². The lowest BCUT2D eigenvalue weighted by molar-refractivity contribution is 0.00605. The molecule has 1 aliphatic rings. The highest BCUT2D eigenvalue weighted by molar-refractivity contribution is 5.01. The van der Waals surface area contributed by atoms with Crippen LogP contribution in [0.5, 0.6) is 0 Å². The van der Waals surface area contributed by atoms with Crippen LogP contribution in [0.15, 0.2) is 0 Å². The monoisotopic (exact) mass is 152 g/mol. The lowest BCUT2D eigenvalue weighted by Gasteiger charge is -2.27. The summed E-state index contributed by atoms with van der Waals surface area (Å²) in [6.07, 6.45) is 9.97. The van der Waals surface area contributed by atoms with E-state index in [1.807, 2.05) is 0 Å². The average molecular weight is 152 g/mol. The molecule has 1 fully saturated rings. The summed E-state index contributed by atoms with van der Waals surface area (Å²) in [6.45, 7) is 2.12. The normalized spacial score (nSPS) is 37.0. The number of hydrogen-bond acceptors (Lipinski definition) is 1. The molecule has 1 aliphatic carbocycles. The Balaban J connectivity index is 2.60. The number of aliphatic hydroxyl groups is 1. The van der Waals surface area contributed by atoms with Gasteiger partial charge in [0.25, 0.3) is 0 Å². The first-order valence-electron chi connectivity index (χ1n) is 4.39. The number of hydrogen-bond donors (Lipinski definition) is 1. The fourth-order valence-corrected chi connectivity index (χ4v) is 2.12. The van der Waals surface area contributed by atoms with Gasteiger partial charge in [0.1, 0.15) is 0 Å². The summed E-state index contributed by atoms with van der Waals surface area (Å²) >= 11 is 0. The summed E-state index contributed by atoms with van der Waals surface area (Å²) in [5, 5.41) is 10.0. The Labute approximate surface area is 68.8 Å². The molecular formula is C10H16O. The first-order valence-corrected chi connectivity index (χ1v) is 4.39. The Hall–Kier alpha value is -0.480. The molecule has 2 atom stereocenters. The quantitative estimate of drug-likeness (QED) is 0.600.